The molecule has 1 aromatic carbocycles. The van der Waals surface area contributed by atoms with Gasteiger partial charge in [-0.25, -0.2) is 9.59 Å². The minimum absolute atomic E-state index is 0.00887. The van der Waals surface area contributed by atoms with Crippen molar-refractivity contribution in [2.45, 2.75) is 50.2 Å². The number of piperazine rings is 1. The third-order valence-electron chi connectivity index (χ3n) is 5.43. The van der Waals surface area contributed by atoms with Crippen LogP contribution in [0, 0.1) is 0 Å². The van der Waals surface area contributed by atoms with E-state index in [1.807, 2.05) is 5.32 Å². The van der Waals surface area contributed by atoms with E-state index >= 15 is 0 Å². The summed E-state index contributed by atoms with van der Waals surface area (Å²) < 4.78 is 9.38. The lowest BCUT2D eigenvalue weighted by molar-refractivity contribution is -0.718. The molecule has 1 saturated carbocycles. The molecule has 1 aliphatic carbocycles. The average molecular weight is 404 g/mol. The van der Waals surface area contributed by atoms with Gasteiger partial charge in [0.25, 0.3) is 5.91 Å². The van der Waals surface area contributed by atoms with Gasteiger partial charge in [0.05, 0.1) is 37.8 Å². The van der Waals surface area contributed by atoms with Gasteiger partial charge < -0.3 is 25.4 Å². The van der Waals surface area contributed by atoms with Gasteiger partial charge in [0, 0.05) is 12.1 Å². The second kappa shape index (κ2) is 9.04. The number of methoxy groups -OCH3 is 2. The first-order valence-corrected chi connectivity index (χ1v) is 9.68. The Kier molecular flexibility index (Phi) is 6.48. The van der Waals surface area contributed by atoms with E-state index in [1.54, 1.807) is 0 Å². The molecular formula is C20H26N3O6+. The van der Waals surface area contributed by atoms with Crippen molar-refractivity contribution in [3.8, 4) is 0 Å². The monoisotopic (exact) mass is 404 g/mol. The number of carbonyl (C=O) groups is 4. The highest BCUT2D eigenvalue weighted by Crippen LogP contribution is 2.20. The number of fused-ring (bicyclic) bond motifs is 1. The molecule has 1 aromatic rings. The summed E-state index contributed by atoms with van der Waals surface area (Å²) in [6, 6.07) is 4.13. The molecular weight excluding hydrogens is 378 g/mol. The van der Waals surface area contributed by atoms with E-state index < -0.39 is 18.0 Å². The fourth-order valence-corrected chi connectivity index (χ4v) is 3.99. The van der Waals surface area contributed by atoms with Crippen LogP contribution in [0.4, 0.5) is 5.69 Å². The topological polar surface area (TPSA) is 127 Å². The third kappa shape index (κ3) is 4.92. The summed E-state index contributed by atoms with van der Waals surface area (Å²) in [6.45, 7) is 0. The van der Waals surface area contributed by atoms with E-state index in [4.69, 9.17) is 0 Å². The highest BCUT2D eigenvalue weighted by atomic mass is 16.5. The molecule has 9 nitrogen and oxygen atoms in total. The number of benzene rings is 1. The number of hydrogen-bond acceptors (Lipinski definition) is 6. The minimum Gasteiger partial charge on any atom is -0.465 e. The molecule has 0 radical (unpaired) electrons. The van der Waals surface area contributed by atoms with E-state index in [-0.39, 0.29) is 41.1 Å². The van der Waals surface area contributed by atoms with Crippen molar-refractivity contribution in [1.82, 2.24) is 5.32 Å². The summed E-state index contributed by atoms with van der Waals surface area (Å²) in [7, 11) is 2.45. The van der Waals surface area contributed by atoms with Gasteiger partial charge in [-0.1, -0.05) is 6.42 Å². The number of quaternary nitrogens is 1. The van der Waals surface area contributed by atoms with Crippen LogP contribution in [0.1, 0.15) is 52.8 Å². The van der Waals surface area contributed by atoms with Crippen molar-refractivity contribution in [3.63, 3.8) is 0 Å². The summed E-state index contributed by atoms with van der Waals surface area (Å²) in [5.41, 5.74) is 0.473. The van der Waals surface area contributed by atoms with Crippen LogP contribution in [0.3, 0.4) is 0 Å². The first kappa shape index (κ1) is 20.8. The lowest BCUT2D eigenvalue weighted by atomic mass is 9.87. The van der Waals surface area contributed by atoms with Gasteiger partial charge in [-0.2, -0.15) is 0 Å². The first-order valence-electron chi connectivity index (χ1n) is 9.68. The maximum Gasteiger partial charge on any atom is 0.337 e. The second-order valence-electron chi connectivity index (χ2n) is 7.40. The number of esters is 2. The third-order valence-corrected chi connectivity index (χ3v) is 5.43. The number of carbonyl (C=O) groups excluding carboxylic acids is 4. The zero-order valence-corrected chi connectivity index (χ0v) is 16.5. The molecule has 2 aliphatic rings. The van der Waals surface area contributed by atoms with Gasteiger partial charge >= 0.3 is 11.9 Å². The highest BCUT2D eigenvalue weighted by molar-refractivity contribution is 6.00. The Labute approximate surface area is 168 Å². The predicted octanol–water partition coefficient (Wildman–Crippen LogP) is -0.0386. The van der Waals surface area contributed by atoms with Gasteiger partial charge in [0.15, 0.2) is 6.04 Å². The predicted molar refractivity (Wildman–Crippen MR) is 102 cm³/mol. The Bertz CT molecular complexity index is 790. The van der Waals surface area contributed by atoms with Crippen molar-refractivity contribution < 1.29 is 34.0 Å². The Morgan fingerprint density at radius 3 is 2.31 bits per heavy atom. The van der Waals surface area contributed by atoms with Gasteiger partial charge in [0.2, 0.25) is 5.91 Å². The summed E-state index contributed by atoms with van der Waals surface area (Å²) >= 11 is 0. The van der Waals surface area contributed by atoms with Gasteiger partial charge in [-0.15, -0.1) is 0 Å². The lowest BCUT2D eigenvalue weighted by Gasteiger charge is -2.37. The van der Waals surface area contributed by atoms with Crippen molar-refractivity contribution in [3.05, 3.63) is 29.3 Å². The van der Waals surface area contributed by atoms with Gasteiger partial charge in [0.1, 0.15) is 6.04 Å². The number of hydrogen-bond donors (Lipinski definition) is 3. The Morgan fingerprint density at radius 2 is 1.69 bits per heavy atom. The number of rotatable bonds is 5. The molecule has 3 atom stereocenters. The summed E-state index contributed by atoms with van der Waals surface area (Å²) in [4.78, 5) is 48.6. The number of amides is 2. The Morgan fingerprint density at radius 1 is 1.07 bits per heavy atom. The zero-order chi connectivity index (χ0) is 21.0. The maximum absolute atomic E-state index is 12.5. The highest BCUT2D eigenvalue weighted by Gasteiger charge is 2.40. The van der Waals surface area contributed by atoms with E-state index in [0.29, 0.717) is 6.04 Å². The molecule has 156 valence electrons. The largest absolute Gasteiger partial charge is 0.465 e. The van der Waals surface area contributed by atoms with Crippen molar-refractivity contribution >= 4 is 29.4 Å². The van der Waals surface area contributed by atoms with Crippen LogP contribution in [-0.4, -0.2) is 56.1 Å². The molecule has 4 N–H and O–H groups in total. The SMILES string of the molecule is COC(=O)c1cc(NC(=O)C[C@H]2[NH2+][C@H]3CCCC[C@H]3NC2=O)cc(C(=O)OC)c1. The van der Waals surface area contributed by atoms with Crippen molar-refractivity contribution in [2.75, 3.05) is 19.5 Å². The van der Waals surface area contributed by atoms with E-state index in [2.05, 4.69) is 20.1 Å². The Balaban J connectivity index is 1.70. The van der Waals surface area contributed by atoms with Crippen LogP contribution in [-0.2, 0) is 19.1 Å². The number of anilines is 1. The second-order valence-corrected chi connectivity index (χ2v) is 7.40. The zero-order valence-electron chi connectivity index (χ0n) is 16.5. The van der Waals surface area contributed by atoms with Crippen LogP contribution < -0.4 is 16.0 Å². The fraction of sp³-hybridized carbons (Fsp3) is 0.500. The molecule has 0 unspecified atom stereocenters. The smallest absolute Gasteiger partial charge is 0.337 e. The normalized spacial score (nSPS) is 23.4. The molecule has 29 heavy (non-hydrogen) atoms. The van der Waals surface area contributed by atoms with Gasteiger partial charge in [-0.05, 0) is 31.0 Å². The quantitative estimate of drug-likeness (QED) is 0.591. The van der Waals surface area contributed by atoms with Crippen LogP contribution in [0.2, 0.25) is 0 Å². The first-order chi connectivity index (χ1) is 13.9. The molecule has 0 bridgehead atoms. The molecule has 1 aliphatic heterocycles. The molecule has 2 amide bonds. The summed E-state index contributed by atoms with van der Waals surface area (Å²) in [5, 5.41) is 7.69. The lowest BCUT2D eigenvalue weighted by Crippen LogP contribution is -3.03. The van der Waals surface area contributed by atoms with Crippen LogP contribution in [0.25, 0.3) is 0 Å². The fourth-order valence-electron chi connectivity index (χ4n) is 3.99. The van der Waals surface area contributed by atoms with Gasteiger partial charge in [-0.3, -0.25) is 9.59 Å². The van der Waals surface area contributed by atoms with Crippen LogP contribution in [0.5, 0.6) is 0 Å². The molecule has 0 spiro atoms. The van der Waals surface area contributed by atoms with Crippen molar-refractivity contribution in [1.29, 1.82) is 0 Å². The minimum atomic E-state index is -0.644. The maximum atomic E-state index is 12.5. The molecule has 1 heterocycles. The average Bonchev–Trinajstić information content (AvgIpc) is 2.72. The Hall–Kier alpha value is -2.94. The van der Waals surface area contributed by atoms with E-state index in [0.717, 1.165) is 25.7 Å². The molecule has 9 heteroatoms. The van der Waals surface area contributed by atoms with Crippen LogP contribution in [0.15, 0.2) is 18.2 Å². The summed E-state index contributed by atoms with van der Waals surface area (Å²) in [5.74, 6) is -1.81. The number of nitrogens with one attached hydrogen (secondary N) is 2. The molecule has 1 saturated heterocycles. The molecule has 2 fully saturated rings. The summed E-state index contributed by atoms with van der Waals surface area (Å²) in [6.07, 6.45) is 4.23. The standard InChI is InChI=1S/C20H25N3O6/c1-28-19(26)11-7-12(20(27)29-2)9-13(8-11)21-17(24)10-16-18(25)23-15-6-4-3-5-14(15)22-16/h7-9,14-16,22H,3-6,10H2,1-2H3,(H,21,24)(H,23,25)/p+1/t14-,15+,16+/m0/s1. The van der Waals surface area contributed by atoms with Crippen LogP contribution >= 0.6 is 0 Å². The number of ether oxygens (including phenoxy) is 2. The number of nitrogens with two attached hydrogens (primary N) is 1. The van der Waals surface area contributed by atoms with E-state index in [9.17, 15) is 19.2 Å². The van der Waals surface area contributed by atoms with Crippen molar-refractivity contribution in [2.24, 2.45) is 0 Å². The molecule has 0 aromatic heterocycles. The molecule has 3 rings (SSSR count). The van der Waals surface area contributed by atoms with E-state index in [1.165, 1.54) is 32.4 Å².